The van der Waals surface area contributed by atoms with E-state index in [1.165, 1.54) is 16.9 Å². The Labute approximate surface area is 183 Å². The first-order valence-electron chi connectivity index (χ1n) is 9.90. The number of hydrogen-bond acceptors (Lipinski definition) is 5. The van der Waals surface area contributed by atoms with Gasteiger partial charge in [0, 0.05) is 18.0 Å². The first-order valence-corrected chi connectivity index (χ1v) is 10.7. The van der Waals surface area contributed by atoms with E-state index in [0.717, 1.165) is 27.1 Å². The predicted octanol–water partition coefficient (Wildman–Crippen LogP) is 5.39. The number of hydrogen-bond donors (Lipinski definition) is 1. The number of imidazole rings is 1. The Morgan fingerprint density at radius 2 is 1.94 bits per heavy atom. The van der Waals surface area contributed by atoms with Gasteiger partial charge in [0.15, 0.2) is 5.13 Å². The number of ether oxygens (including phenoxy) is 1. The lowest BCUT2D eigenvalue weighted by atomic mass is 10.2. The van der Waals surface area contributed by atoms with Crippen LogP contribution < -0.4 is 10.1 Å². The zero-order chi connectivity index (χ0) is 21.4. The first-order chi connectivity index (χ1) is 15.0. The van der Waals surface area contributed by atoms with Crippen LogP contribution in [0.3, 0.4) is 0 Å². The summed E-state index contributed by atoms with van der Waals surface area (Å²) in [6.45, 7) is 4.38. The zero-order valence-corrected chi connectivity index (χ0v) is 17.9. The van der Waals surface area contributed by atoms with E-state index in [1.807, 2.05) is 67.0 Å². The number of aryl methyl sites for hydroxylation is 2. The SMILES string of the molecule is Cc1ccc2nc(COc3cccc(C(=O)Nc4nc5c(C)cccc5s4)c3)cn2c1. The van der Waals surface area contributed by atoms with E-state index in [2.05, 4.69) is 15.3 Å². The number of aromatic nitrogens is 3. The minimum absolute atomic E-state index is 0.217. The van der Waals surface area contributed by atoms with Crippen LogP contribution in [-0.2, 0) is 6.61 Å². The highest BCUT2D eigenvalue weighted by molar-refractivity contribution is 7.22. The van der Waals surface area contributed by atoms with Crippen LogP contribution in [0.2, 0.25) is 0 Å². The van der Waals surface area contributed by atoms with Crippen molar-refractivity contribution in [2.45, 2.75) is 20.5 Å². The lowest BCUT2D eigenvalue weighted by molar-refractivity contribution is 0.102. The summed E-state index contributed by atoms with van der Waals surface area (Å²) < 4.78 is 8.92. The van der Waals surface area contributed by atoms with Crippen LogP contribution in [0.25, 0.3) is 15.9 Å². The Hall–Kier alpha value is -3.71. The number of carbonyl (C=O) groups is 1. The average Bonchev–Trinajstić information content (AvgIpc) is 3.36. The molecule has 1 amide bonds. The molecule has 3 heterocycles. The zero-order valence-electron chi connectivity index (χ0n) is 17.1. The number of carbonyl (C=O) groups excluding carboxylic acids is 1. The maximum absolute atomic E-state index is 12.7. The molecule has 0 aliphatic heterocycles. The smallest absolute Gasteiger partial charge is 0.257 e. The molecule has 0 atom stereocenters. The van der Waals surface area contributed by atoms with Crippen LogP contribution in [0, 0.1) is 13.8 Å². The molecule has 0 spiro atoms. The number of rotatable bonds is 5. The van der Waals surface area contributed by atoms with Gasteiger partial charge in [-0.15, -0.1) is 0 Å². The Morgan fingerprint density at radius 3 is 2.81 bits per heavy atom. The van der Waals surface area contributed by atoms with Gasteiger partial charge in [-0.1, -0.05) is 35.6 Å². The molecule has 3 aromatic heterocycles. The van der Waals surface area contributed by atoms with E-state index >= 15 is 0 Å². The van der Waals surface area contributed by atoms with E-state index in [0.29, 0.717) is 23.1 Å². The Bertz CT molecular complexity index is 1420. The van der Waals surface area contributed by atoms with Gasteiger partial charge in [0.2, 0.25) is 0 Å². The molecule has 5 rings (SSSR count). The van der Waals surface area contributed by atoms with E-state index in [4.69, 9.17) is 4.74 Å². The molecule has 0 unspecified atom stereocenters. The predicted molar refractivity (Wildman–Crippen MR) is 123 cm³/mol. The molecule has 31 heavy (non-hydrogen) atoms. The molecule has 0 bridgehead atoms. The summed E-state index contributed by atoms with van der Waals surface area (Å²) in [6.07, 6.45) is 3.98. The van der Waals surface area contributed by atoms with Crippen molar-refractivity contribution in [1.29, 1.82) is 0 Å². The summed E-state index contributed by atoms with van der Waals surface area (Å²) in [5.41, 5.74) is 5.39. The fourth-order valence-electron chi connectivity index (χ4n) is 3.42. The minimum atomic E-state index is -0.217. The highest BCUT2D eigenvalue weighted by Crippen LogP contribution is 2.28. The molecule has 7 heteroatoms. The topological polar surface area (TPSA) is 68.5 Å². The highest BCUT2D eigenvalue weighted by Gasteiger charge is 2.12. The molecule has 154 valence electrons. The molecule has 1 N–H and O–H groups in total. The molecule has 0 fully saturated rings. The Balaban J connectivity index is 1.29. The number of amides is 1. The largest absolute Gasteiger partial charge is 0.487 e. The molecule has 6 nitrogen and oxygen atoms in total. The fraction of sp³-hybridized carbons (Fsp3) is 0.125. The van der Waals surface area contributed by atoms with Crippen LogP contribution in [0.4, 0.5) is 5.13 Å². The third-order valence-corrected chi connectivity index (χ3v) is 5.91. The van der Waals surface area contributed by atoms with Crippen molar-refractivity contribution >= 4 is 38.2 Å². The second-order valence-electron chi connectivity index (χ2n) is 7.42. The maximum Gasteiger partial charge on any atom is 0.257 e. The number of nitrogens with one attached hydrogen (secondary N) is 1. The van der Waals surface area contributed by atoms with Gasteiger partial charge in [-0.25, -0.2) is 9.97 Å². The van der Waals surface area contributed by atoms with Crippen molar-refractivity contribution in [3.63, 3.8) is 0 Å². The number of fused-ring (bicyclic) bond motifs is 2. The van der Waals surface area contributed by atoms with E-state index in [1.54, 1.807) is 18.2 Å². The number of pyridine rings is 1. The summed E-state index contributed by atoms with van der Waals surface area (Å²) in [4.78, 5) is 21.8. The molecule has 5 aromatic rings. The summed E-state index contributed by atoms with van der Waals surface area (Å²) in [6, 6.07) is 17.1. The standard InChI is InChI=1S/C24H20N4O2S/c1-15-9-10-21-25-18(13-28(21)12-15)14-30-19-7-4-6-17(11-19)23(29)27-24-26-22-16(2)5-3-8-20(22)31-24/h3-13H,14H2,1-2H3,(H,26,27,29). The van der Waals surface area contributed by atoms with Crippen molar-refractivity contribution in [2.24, 2.45) is 0 Å². The monoisotopic (exact) mass is 428 g/mol. The van der Waals surface area contributed by atoms with Gasteiger partial charge in [0.25, 0.3) is 5.91 Å². The van der Waals surface area contributed by atoms with Crippen molar-refractivity contribution in [3.8, 4) is 5.75 Å². The van der Waals surface area contributed by atoms with Crippen LogP contribution >= 0.6 is 11.3 Å². The van der Waals surface area contributed by atoms with Gasteiger partial charge >= 0.3 is 0 Å². The molecular formula is C24H20N4O2S. The summed E-state index contributed by atoms with van der Waals surface area (Å²) in [5, 5.41) is 3.48. The fourth-order valence-corrected chi connectivity index (χ4v) is 4.36. The average molecular weight is 429 g/mol. The third kappa shape index (κ3) is 4.00. The van der Waals surface area contributed by atoms with E-state index in [-0.39, 0.29) is 5.91 Å². The first kappa shape index (κ1) is 19.3. The van der Waals surface area contributed by atoms with Crippen LogP contribution in [0.1, 0.15) is 27.2 Å². The Kier molecular flexibility index (Phi) is 4.88. The number of thiazole rings is 1. The highest BCUT2D eigenvalue weighted by atomic mass is 32.1. The van der Waals surface area contributed by atoms with Crippen LogP contribution in [0.15, 0.2) is 67.0 Å². The maximum atomic E-state index is 12.7. The molecule has 0 saturated heterocycles. The summed E-state index contributed by atoms with van der Waals surface area (Å²) in [5.74, 6) is 0.395. The van der Waals surface area contributed by atoms with Crippen molar-refractivity contribution in [3.05, 3.63) is 89.4 Å². The quantitative estimate of drug-likeness (QED) is 0.407. The molecule has 0 aliphatic carbocycles. The number of para-hydroxylation sites is 1. The van der Waals surface area contributed by atoms with Crippen LogP contribution in [0.5, 0.6) is 5.75 Å². The normalized spacial score (nSPS) is 11.2. The van der Waals surface area contributed by atoms with Gasteiger partial charge < -0.3 is 9.14 Å². The molecular weight excluding hydrogens is 408 g/mol. The molecule has 2 aromatic carbocycles. The lowest BCUT2D eigenvalue weighted by Gasteiger charge is -2.06. The number of benzene rings is 2. The van der Waals surface area contributed by atoms with E-state index in [9.17, 15) is 4.79 Å². The van der Waals surface area contributed by atoms with Crippen molar-refractivity contribution in [1.82, 2.24) is 14.4 Å². The van der Waals surface area contributed by atoms with E-state index < -0.39 is 0 Å². The molecule has 0 saturated carbocycles. The second kappa shape index (κ2) is 7.85. The van der Waals surface area contributed by atoms with Crippen molar-refractivity contribution in [2.75, 3.05) is 5.32 Å². The van der Waals surface area contributed by atoms with Gasteiger partial charge in [-0.3, -0.25) is 10.1 Å². The van der Waals surface area contributed by atoms with Gasteiger partial charge in [0.1, 0.15) is 18.0 Å². The second-order valence-corrected chi connectivity index (χ2v) is 8.45. The van der Waals surface area contributed by atoms with Crippen LogP contribution in [-0.4, -0.2) is 20.3 Å². The number of nitrogens with zero attached hydrogens (tertiary/aromatic N) is 3. The summed E-state index contributed by atoms with van der Waals surface area (Å²) in [7, 11) is 0. The summed E-state index contributed by atoms with van der Waals surface area (Å²) >= 11 is 1.46. The van der Waals surface area contributed by atoms with Gasteiger partial charge in [-0.05, 0) is 55.3 Å². The molecule has 0 aliphatic rings. The number of anilines is 1. The van der Waals surface area contributed by atoms with Gasteiger partial charge in [-0.2, -0.15) is 0 Å². The third-order valence-electron chi connectivity index (χ3n) is 4.97. The van der Waals surface area contributed by atoms with Crippen molar-refractivity contribution < 1.29 is 9.53 Å². The lowest BCUT2D eigenvalue weighted by Crippen LogP contribution is -2.11. The van der Waals surface area contributed by atoms with Gasteiger partial charge in [0.05, 0.1) is 15.9 Å². The molecule has 0 radical (unpaired) electrons. The Morgan fingerprint density at radius 1 is 1.06 bits per heavy atom. The minimum Gasteiger partial charge on any atom is -0.487 e.